The molecule has 68 valence electrons. The molecule has 4 heteroatoms. The first-order valence-electron chi connectivity index (χ1n) is 4.11. The SMILES string of the molecule is CCOC1=CN=CN(OCC)C1. The molecule has 0 aromatic carbocycles. The normalized spacial score (nSPS) is 16.2. The molecule has 0 saturated carbocycles. The smallest absolute Gasteiger partial charge is 0.136 e. The Hall–Kier alpha value is -1.03. The summed E-state index contributed by atoms with van der Waals surface area (Å²) in [5, 5.41) is 1.66. The van der Waals surface area contributed by atoms with E-state index in [-0.39, 0.29) is 0 Å². The van der Waals surface area contributed by atoms with Crippen molar-refractivity contribution >= 4 is 6.34 Å². The monoisotopic (exact) mass is 170 g/mol. The van der Waals surface area contributed by atoms with Crippen molar-refractivity contribution in [3.8, 4) is 0 Å². The molecule has 1 heterocycles. The average molecular weight is 170 g/mol. The molecule has 0 fully saturated rings. The zero-order valence-electron chi connectivity index (χ0n) is 7.49. The van der Waals surface area contributed by atoms with Crippen molar-refractivity contribution in [2.24, 2.45) is 4.99 Å². The number of aliphatic imine (C=N–C) groups is 1. The van der Waals surface area contributed by atoms with Gasteiger partial charge in [-0.1, -0.05) is 0 Å². The van der Waals surface area contributed by atoms with Crippen LogP contribution >= 0.6 is 0 Å². The lowest BCUT2D eigenvalue weighted by Crippen LogP contribution is -2.27. The molecule has 0 radical (unpaired) electrons. The fraction of sp³-hybridized carbons (Fsp3) is 0.625. The van der Waals surface area contributed by atoms with E-state index in [0.717, 1.165) is 5.76 Å². The molecule has 1 rings (SSSR count). The fourth-order valence-electron chi connectivity index (χ4n) is 0.939. The second kappa shape index (κ2) is 4.77. The third-order valence-corrected chi connectivity index (χ3v) is 1.35. The van der Waals surface area contributed by atoms with Crippen LogP contribution in [-0.4, -0.2) is 31.2 Å². The second-order valence-electron chi connectivity index (χ2n) is 2.29. The van der Waals surface area contributed by atoms with Crippen molar-refractivity contribution < 1.29 is 9.57 Å². The molecule has 4 nitrogen and oxygen atoms in total. The molecule has 1 aliphatic heterocycles. The summed E-state index contributed by atoms with van der Waals surface area (Å²) in [5.74, 6) is 0.841. The molecule has 0 aromatic rings. The number of nitrogens with zero attached hydrogens (tertiary/aromatic N) is 2. The van der Waals surface area contributed by atoms with E-state index in [1.165, 1.54) is 0 Å². The average Bonchev–Trinajstić information content (AvgIpc) is 2.06. The van der Waals surface area contributed by atoms with Crippen LogP contribution in [0, 0.1) is 0 Å². The molecule has 1 aliphatic rings. The predicted molar refractivity (Wildman–Crippen MR) is 46.5 cm³/mol. The third kappa shape index (κ3) is 2.54. The Balaban J connectivity index is 2.38. The van der Waals surface area contributed by atoms with Gasteiger partial charge in [-0.25, -0.2) is 10.1 Å². The van der Waals surface area contributed by atoms with Gasteiger partial charge in [0, 0.05) is 0 Å². The minimum Gasteiger partial charge on any atom is -0.495 e. The van der Waals surface area contributed by atoms with Gasteiger partial charge in [-0.05, 0) is 13.8 Å². The first-order valence-corrected chi connectivity index (χ1v) is 4.11. The van der Waals surface area contributed by atoms with Gasteiger partial charge in [0.1, 0.15) is 18.6 Å². The van der Waals surface area contributed by atoms with Crippen LogP contribution in [-0.2, 0) is 9.57 Å². The summed E-state index contributed by atoms with van der Waals surface area (Å²) in [6.07, 6.45) is 3.35. The van der Waals surface area contributed by atoms with E-state index in [2.05, 4.69) is 4.99 Å². The minimum absolute atomic E-state index is 0.644. The first kappa shape index (κ1) is 9.06. The Labute approximate surface area is 72.4 Å². The highest BCUT2D eigenvalue weighted by molar-refractivity contribution is 5.56. The van der Waals surface area contributed by atoms with E-state index < -0.39 is 0 Å². The Morgan fingerprint density at radius 2 is 2.33 bits per heavy atom. The van der Waals surface area contributed by atoms with Crippen molar-refractivity contribution in [3.05, 3.63) is 12.0 Å². The van der Waals surface area contributed by atoms with Crippen molar-refractivity contribution in [2.75, 3.05) is 19.8 Å². The van der Waals surface area contributed by atoms with Gasteiger partial charge in [0.25, 0.3) is 0 Å². The molecular weight excluding hydrogens is 156 g/mol. The summed E-state index contributed by atoms with van der Waals surface area (Å²) >= 11 is 0. The summed E-state index contributed by atoms with van der Waals surface area (Å²) in [5.41, 5.74) is 0. The van der Waals surface area contributed by atoms with Gasteiger partial charge < -0.3 is 4.74 Å². The van der Waals surface area contributed by atoms with Gasteiger partial charge in [0.2, 0.25) is 0 Å². The van der Waals surface area contributed by atoms with Crippen LogP contribution < -0.4 is 0 Å². The maximum absolute atomic E-state index is 5.29. The molecule has 0 saturated heterocycles. The van der Waals surface area contributed by atoms with Crippen LogP contribution in [0.2, 0.25) is 0 Å². The highest BCUT2D eigenvalue weighted by Crippen LogP contribution is 2.05. The molecular formula is C8H14N2O2. The van der Waals surface area contributed by atoms with Crippen LogP contribution in [0.1, 0.15) is 13.8 Å². The highest BCUT2D eigenvalue weighted by Gasteiger charge is 2.08. The number of hydrogen-bond donors (Lipinski definition) is 0. The van der Waals surface area contributed by atoms with Crippen molar-refractivity contribution in [3.63, 3.8) is 0 Å². The van der Waals surface area contributed by atoms with Gasteiger partial charge in [0.15, 0.2) is 0 Å². The zero-order valence-corrected chi connectivity index (χ0v) is 7.49. The molecule has 0 spiro atoms. The highest BCUT2D eigenvalue weighted by atomic mass is 16.7. The fourth-order valence-corrected chi connectivity index (χ4v) is 0.939. The van der Waals surface area contributed by atoms with E-state index in [1.54, 1.807) is 17.6 Å². The van der Waals surface area contributed by atoms with Crippen LogP contribution in [0.5, 0.6) is 0 Å². The summed E-state index contributed by atoms with van der Waals surface area (Å²) in [4.78, 5) is 9.19. The molecule has 0 amide bonds. The second-order valence-corrected chi connectivity index (χ2v) is 2.29. The molecule has 0 N–H and O–H groups in total. The minimum atomic E-state index is 0.644. The zero-order chi connectivity index (χ0) is 8.81. The topological polar surface area (TPSA) is 34.1 Å². The predicted octanol–water partition coefficient (Wildman–Crippen LogP) is 1.16. The lowest BCUT2D eigenvalue weighted by Gasteiger charge is -2.21. The van der Waals surface area contributed by atoms with Crippen molar-refractivity contribution in [2.45, 2.75) is 13.8 Å². The molecule has 0 unspecified atom stereocenters. The maximum Gasteiger partial charge on any atom is 0.136 e. The van der Waals surface area contributed by atoms with Crippen LogP contribution in [0.25, 0.3) is 0 Å². The molecule has 12 heavy (non-hydrogen) atoms. The largest absolute Gasteiger partial charge is 0.495 e. The number of hydrogen-bond acceptors (Lipinski definition) is 4. The Bertz CT molecular complexity index is 189. The molecule has 0 aromatic heterocycles. The molecule has 0 atom stereocenters. The van der Waals surface area contributed by atoms with E-state index >= 15 is 0 Å². The standard InChI is InChI=1S/C8H14N2O2/c1-3-11-8-5-9-7-10(6-8)12-4-2/h5,7H,3-4,6H2,1-2H3. The quantitative estimate of drug-likeness (QED) is 0.635. The van der Waals surface area contributed by atoms with Gasteiger partial charge >= 0.3 is 0 Å². The number of hydroxylamine groups is 2. The van der Waals surface area contributed by atoms with Crippen LogP contribution in [0.4, 0.5) is 0 Å². The summed E-state index contributed by atoms with van der Waals surface area (Å²) in [7, 11) is 0. The van der Waals surface area contributed by atoms with Crippen molar-refractivity contribution in [1.82, 2.24) is 5.06 Å². The lowest BCUT2D eigenvalue weighted by molar-refractivity contribution is -0.0903. The Morgan fingerprint density at radius 1 is 1.50 bits per heavy atom. The van der Waals surface area contributed by atoms with E-state index in [0.29, 0.717) is 19.8 Å². The maximum atomic E-state index is 5.29. The van der Waals surface area contributed by atoms with Gasteiger partial charge in [-0.3, -0.25) is 4.84 Å². The van der Waals surface area contributed by atoms with E-state index in [9.17, 15) is 0 Å². The third-order valence-electron chi connectivity index (χ3n) is 1.35. The first-order chi connectivity index (χ1) is 5.86. The van der Waals surface area contributed by atoms with Crippen LogP contribution in [0.3, 0.4) is 0 Å². The molecule has 0 bridgehead atoms. The Kier molecular flexibility index (Phi) is 3.60. The van der Waals surface area contributed by atoms with E-state index in [4.69, 9.17) is 9.57 Å². The molecule has 0 aliphatic carbocycles. The Morgan fingerprint density at radius 3 is 3.00 bits per heavy atom. The van der Waals surface area contributed by atoms with E-state index in [1.807, 2.05) is 13.8 Å². The summed E-state index contributed by atoms with van der Waals surface area (Å²) in [6.45, 7) is 5.84. The van der Waals surface area contributed by atoms with Crippen LogP contribution in [0.15, 0.2) is 17.0 Å². The summed E-state index contributed by atoms with van der Waals surface area (Å²) < 4.78 is 5.29. The van der Waals surface area contributed by atoms with Gasteiger partial charge in [-0.2, -0.15) is 0 Å². The summed E-state index contributed by atoms with van der Waals surface area (Å²) in [6, 6.07) is 0. The van der Waals surface area contributed by atoms with Crippen molar-refractivity contribution in [1.29, 1.82) is 0 Å². The number of ether oxygens (including phenoxy) is 1. The number of rotatable bonds is 4. The van der Waals surface area contributed by atoms with Gasteiger partial charge in [-0.15, -0.1) is 0 Å². The lowest BCUT2D eigenvalue weighted by atomic mass is 10.5. The van der Waals surface area contributed by atoms with Gasteiger partial charge in [0.05, 0.1) is 19.4 Å².